The van der Waals surface area contributed by atoms with E-state index in [1.165, 1.54) is 0 Å². The third kappa shape index (κ3) is 3.07. The number of carbonyl (C=O) groups is 1. The maximum absolute atomic E-state index is 13.0. The van der Waals surface area contributed by atoms with Gasteiger partial charge in [0.05, 0.1) is 5.41 Å². The van der Waals surface area contributed by atoms with Crippen LogP contribution in [0.5, 0.6) is 0 Å². The molecule has 3 nitrogen and oxygen atoms in total. The topological polar surface area (TPSA) is 46.3 Å². The van der Waals surface area contributed by atoms with Gasteiger partial charge in [0.2, 0.25) is 5.91 Å². The van der Waals surface area contributed by atoms with Crippen LogP contribution in [0.25, 0.3) is 0 Å². The Morgan fingerprint density at radius 1 is 1.10 bits per heavy atom. The van der Waals surface area contributed by atoms with Crippen LogP contribution in [0, 0.1) is 0 Å². The van der Waals surface area contributed by atoms with E-state index < -0.39 is 5.41 Å². The fourth-order valence-corrected chi connectivity index (χ4v) is 2.45. The normalized spacial score (nSPS) is 11.2. The summed E-state index contributed by atoms with van der Waals surface area (Å²) in [6.45, 7) is 6.50. The van der Waals surface area contributed by atoms with Crippen molar-refractivity contribution >= 4 is 17.3 Å². The zero-order chi connectivity index (χ0) is 15.5. The largest absolute Gasteiger partial charge is 0.399 e. The van der Waals surface area contributed by atoms with Crippen LogP contribution in [0.2, 0.25) is 0 Å². The van der Waals surface area contributed by atoms with Gasteiger partial charge in [-0.05, 0) is 44.5 Å². The summed E-state index contributed by atoms with van der Waals surface area (Å²) >= 11 is 0. The number of likely N-dealkylation sites (N-methyl/N-ethyl adjacent to an activating group) is 1. The molecule has 2 N–H and O–H groups in total. The van der Waals surface area contributed by atoms with E-state index in [0.29, 0.717) is 12.2 Å². The van der Waals surface area contributed by atoms with Crippen molar-refractivity contribution in [2.24, 2.45) is 0 Å². The van der Waals surface area contributed by atoms with Crippen LogP contribution in [0.1, 0.15) is 26.3 Å². The summed E-state index contributed by atoms with van der Waals surface area (Å²) in [6, 6.07) is 17.3. The molecule has 21 heavy (non-hydrogen) atoms. The zero-order valence-electron chi connectivity index (χ0n) is 12.8. The van der Waals surface area contributed by atoms with Crippen molar-refractivity contribution in [2.45, 2.75) is 26.2 Å². The van der Waals surface area contributed by atoms with Crippen LogP contribution in [-0.2, 0) is 10.2 Å². The fourth-order valence-electron chi connectivity index (χ4n) is 2.45. The van der Waals surface area contributed by atoms with Gasteiger partial charge in [0.15, 0.2) is 0 Å². The molecule has 0 aliphatic rings. The molecule has 0 fully saturated rings. The predicted molar refractivity (Wildman–Crippen MR) is 88.3 cm³/mol. The number of rotatable bonds is 4. The number of amides is 1. The Hall–Kier alpha value is -2.29. The third-order valence-corrected chi connectivity index (χ3v) is 3.77. The molecule has 1 amide bonds. The molecule has 0 atom stereocenters. The number of anilines is 2. The first-order chi connectivity index (χ1) is 9.96. The average Bonchev–Trinajstić information content (AvgIpc) is 2.49. The van der Waals surface area contributed by atoms with Crippen molar-refractivity contribution in [3.8, 4) is 0 Å². The first-order valence-corrected chi connectivity index (χ1v) is 7.20. The van der Waals surface area contributed by atoms with E-state index in [0.717, 1.165) is 11.3 Å². The SMILES string of the molecule is CCN(C(=O)C(C)(C)c1ccccc1)c1cccc(N)c1. The Kier molecular flexibility index (Phi) is 4.32. The minimum atomic E-state index is -0.581. The maximum Gasteiger partial charge on any atom is 0.237 e. The number of hydrogen-bond donors (Lipinski definition) is 1. The van der Waals surface area contributed by atoms with Crippen LogP contribution in [0.15, 0.2) is 54.6 Å². The Bertz CT molecular complexity index is 620. The van der Waals surface area contributed by atoms with Crippen molar-refractivity contribution < 1.29 is 4.79 Å². The van der Waals surface area contributed by atoms with Gasteiger partial charge >= 0.3 is 0 Å². The molecule has 0 unspecified atom stereocenters. The lowest BCUT2D eigenvalue weighted by atomic mass is 9.83. The lowest BCUT2D eigenvalue weighted by Crippen LogP contribution is -2.43. The molecular formula is C18H22N2O. The zero-order valence-corrected chi connectivity index (χ0v) is 12.8. The van der Waals surface area contributed by atoms with Crippen LogP contribution in [0.4, 0.5) is 11.4 Å². The molecule has 2 aromatic rings. The lowest BCUT2D eigenvalue weighted by Gasteiger charge is -2.32. The van der Waals surface area contributed by atoms with E-state index in [1.54, 1.807) is 4.90 Å². The van der Waals surface area contributed by atoms with Gasteiger partial charge in [0.1, 0.15) is 0 Å². The number of carbonyl (C=O) groups excluding carboxylic acids is 1. The first kappa shape index (κ1) is 15.1. The van der Waals surface area contributed by atoms with E-state index in [2.05, 4.69) is 0 Å². The highest BCUT2D eigenvalue weighted by Crippen LogP contribution is 2.28. The molecule has 0 aromatic heterocycles. The van der Waals surface area contributed by atoms with Crippen molar-refractivity contribution in [1.82, 2.24) is 0 Å². The molecular weight excluding hydrogens is 260 g/mol. The van der Waals surface area contributed by atoms with E-state index in [4.69, 9.17) is 5.73 Å². The highest BCUT2D eigenvalue weighted by molar-refractivity contribution is 6.00. The quantitative estimate of drug-likeness (QED) is 0.871. The Morgan fingerprint density at radius 2 is 1.76 bits per heavy atom. The molecule has 0 saturated heterocycles. The van der Waals surface area contributed by atoms with Crippen molar-refractivity contribution in [2.75, 3.05) is 17.2 Å². The van der Waals surface area contributed by atoms with E-state index in [1.807, 2.05) is 75.4 Å². The summed E-state index contributed by atoms with van der Waals surface area (Å²) in [7, 11) is 0. The second-order valence-corrected chi connectivity index (χ2v) is 5.64. The number of hydrogen-bond acceptors (Lipinski definition) is 2. The Morgan fingerprint density at radius 3 is 2.33 bits per heavy atom. The highest BCUT2D eigenvalue weighted by atomic mass is 16.2. The molecule has 3 heteroatoms. The van der Waals surface area contributed by atoms with Crippen molar-refractivity contribution in [1.29, 1.82) is 0 Å². The average molecular weight is 282 g/mol. The fraction of sp³-hybridized carbons (Fsp3) is 0.278. The van der Waals surface area contributed by atoms with Crippen molar-refractivity contribution in [3.63, 3.8) is 0 Å². The molecule has 2 rings (SSSR count). The van der Waals surface area contributed by atoms with Crippen LogP contribution in [-0.4, -0.2) is 12.5 Å². The van der Waals surface area contributed by atoms with Crippen LogP contribution >= 0.6 is 0 Å². The predicted octanol–water partition coefficient (Wildman–Crippen LogP) is 3.60. The summed E-state index contributed by atoms with van der Waals surface area (Å²) in [5, 5.41) is 0. The number of benzene rings is 2. The van der Waals surface area contributed by atoms with Gasteiger partial charge in [0.25, 0.3) is 0 Å². The maximum atomic E-state index is 13.0. The smallest absolute Gasteiger partial charge is 0.237 e. The number of nitrogens with zero attached hydrogens (tertiary/aromatic N) is 1. The van der Waals surface area contributed by atoms with Gasteiger partial charge in [-0.25, -0.2) is 0 Å². The molecule has 110 valence electrons. The summed E-state index contributed by atoms with van der Waals surface area (Å²) in [4.78, 5) is 14.8. The lowest BCUT2D eigenvalue weighted by molar-refractivity contribution is -0.123. The monoisotopic (exact) mass is 282 g/mol. The number of nitrogen functional groups attached to an aromatic ring is 1. The molecule has 0 heterocycles. The van der Waals surface area contributed by atoms with E-state index in [9.17, 15) is 4.79 Å². The molecule has 0 radical (unpaired) electrons. The minimum Gasteiger partial charge on any atom is -0.399 e. The molecule has 0 saturated carbocycles. The molecule has 0 aliphatic carbocycles. The Labute approximate surface area is 126 Å². The van der Waals surface area contributed by atoms with Crippen LogP contribution in [0.3, 0.4) is 0 Å². The van der Waals surface area contributed by atoms with E-state index in [-0.39, 0.29) is 5.91 Å². The third-order valence-electron chi connectivity index (χ3n) is 3.77. The second-order valence-electron chi connectivity index (χ2n) is 5.64. The number of nitrogens with two attached hydrogens (primary N) is 1. The first-order valence-electron chi connectivity index (χ1n) is 7.20. The standard InChI is InChI=1S/C18H22N2O/c1-4-20(16-12-8-11-15(19)13-16)17(21)18(2,3)14-9-6-5-7-10-14/h5-13H,4,19H2,1-3H3. The van der Waals surface area contributed by atoms with Gasteiger partial charge in [-0.2, -0.15) is 0 Å². The summed E-state index contributed by atoms with van der Waals surface area (Å²) in [5.74, 6) is 0.0711. The summed E-state index contributed by atoms with van der Waals surface area (Å²) in [6.07, 6.45) is 0. The van der Waals surface area contributed by atoms with Gasteiger partial charge in [-0.3, -0.25) is 4.79 Å². The molecule has 0 aliphatic heterocycles. The highest BCUT2D eigenvalue weighted by Gasteiger charge is 2.33. The summed E-state index contributed by atoms with van der Waals surface area (Å²) in [5.41, 5.74) is 7.77. The molecule has 2 aromatic carbocycles. The van der Waals surface area contributed by atoms with Crippen molar-refractivity contribution in [3.05, 3.63) is 60.2 Å². The minimum absolute atomic E-state index is 0.0711. The molecule has 0 spiro atoms. The van der Waals surface area contributed by atoms with Gasteiger partial charge in [0, 0.05) is 17.9 Å². The van der Waals surface area contributed by atoms with Crippen LogP contribution < -0.4 is 10.6 Å². The van der Waals surface area contributed by atoms with Gasteiger partial charge in [-0.1, -0.05) is 36.4 Å². The Balaban J connectivity index is 2.36. The van der Waals surface area contributed by atoms with Gasteiger partial charge in [-0.15, -0.1) is 0 Å². The summed E-state index contributed by atoms with van der Waals surface area (Å²) < 4.78 is 0. The van der Waals surface area contributed by atoms with E-state index >= 15 is 0 Å². The molecule has 0 bridgehead atoms. The second kappa shape index (κ2) is 6.00. The van der Waals surface area contributed by atoms with Gasteiger partial charge < -0.3 is 10.6 Å².